The zero-order chi connectivity index (χ0) is 15.6. The fourth-order valence-electron chi connectivity index (χ4n) is 1.92. The number of nitrogens with one attached hydrogen (secondary N) is 1. The number of hydrogen-bond donors (Lipinski definition) is 1. The summed E-state index contributed by atoms with van der Waals surface area (Å²) < 4.78 is 0. The fraction of sp³-hybridized carbons (Fsp3) is 0.312. The molecule has 1 N–H and O–H groups in total. The van der Waals surface area contributed by atoms with E-state index >= 15 is 0 Å². The third kappa shape index (κ3) is 3.39. The van der Waals surface area contributed by atoms with Gasteiger partial charge in [-0.1, -0.05) is 31.5 Å². The molecule has 0 aliphatic carbocycles. The van der Waals surface area contributed by atoms with Crippen LogP contribution in [0.15, 0.2) is 24.4 Å². The van der Waals surface area contributed by atoms with Gasteiger partial charge in [-0.15, -0.1) is 0 Å². The second-order valence-electron chi connectivity index (χ2n) is 5.25. The Morgan fingerprint density at radius 2 is 2.00 bits per heavy atom. The maximum atomic E-state index is 12.3. The zero-order valence-corrected chi connectivity index (χ0v) is 13.3. The first kappa shape index (κ1) is 15.4. The third-order valence-electron chi connectivity index (χ3n) is 3.27. The molecular weight excluding hydrogens is 286 g/mol. The molecule has 0 bridgehead atoms. The van der Waals surface area contributed by atoms with Gasteiger partial charge in [0.05, 0.1) is 11.3 Å². The molecule has 1 aromatic heterocycles. The van der Waals surface area contributed by atoms with Crippen LogP contribution in [0.25, 0.3) is 0 Å². The van der Waals surface area contributed by atoms with Gasteiger partial charge in [-0.25, -0.2) is 9.97 Å². The second-order valence-corrected chi connectivity index (χ2v) is 5.66. The molecule has 2 aromatic rings. The van der Waals surface area contributed by atoms with E-state index in [1.165, 1.54) is 0 Å². The van der Waals surface area contributed by atoms with Crippen molar-refractivity contribution in [2.24, 2.45) is 0 Å². The predicted molar refractivity (Wildman–Crippen MR) is 85.0 cm³/mol. The van der Waals surface area contributed by atoms with Crippen molar-refractivity contribution >= 4 is 23.2 Å². The summed E-state index contributed by atoms with van der Waals surface area (Å²) in [7, 11) is 0. The van der Waals surface area contributed by atoms with Gasteiger partial charge in [0.15, 0.2) is 0 Å². The maximum absolute atomic E-state index is 12.3. The largest absolute Gasteiger partial charge is 0.322 e. The SMILES string of the molecule is Cc1nc(C(C)C)ncc1C(=O)Nc1cccc(Cl)c1C. The Morgan fingerprint density at radius 3 is 2.62 bits per heavy atom. The Bertz CT molecular complexity index is 683. The Morgan fingerprint density at radius 1 is 1.29 bits per heavy atom. The number of rotatable bonds is 3. The van der Waals surface area contributed by atoms with Crippen LogP contribution in [0.4, 0.5) is 5.69 Å². The van der Waals surface area contributed by atoms with Crippen LogP contribution in [0.3, 0.4) is 0 Å². The first-order chi connectivity index (χ1) is 9.90. The third-order valence-corrected chi connectivity index (χ3v) is 3.68. The lowest BCUT2D eigenvalue weighted by Gasteiger charge is -2.11. The number of hydrogen-bond acceptors (Lipinski definition) is 3. The van der Waals surface area contributed by atoms with E-state index < -0.39 is 0 Å². The van der Waals surface area contributed by atoms with Crippen LogP contribution >= 0.6 is 11.6 Å². The summed E-state index contributed by atoms with van der Waals surface area (Å²) in [4.78, 5) is 21.0. The van der Waals surface area contributed by atoms with Gasteiger partial charge in [0.25, 0.3) is 5.91 Å². The molecule has 0 atom stereocenters. The molecule has 0 fully saturated rings. The first-order valence-electron chi connectivity index (χ1n) is 6.80. The highest BCUT2D eigenvalue weighted by Gasteiger charge is 2.14. The molecule has 1 heterocycles. The molecule has 0 aliphatic heterocycles. The topological polar surface area (TPSA) is 54.9 Å². The standard InChI is InChI=1S/C16H18ClN3O/c1-9(2)15-18-8-12(11(4)19-15)16(21)20-14-7-5-6-13(17)10(14)3/h5-9H,1-4H3,(H,20,21). The van der Waals surface area contributed by atoms with E-state index in [9.17, 15) is 4.79 Å². The van der Waals surface area contributed by atoms with Crippen LogP contribution in [-0.4, -0.2) is 15.9 Å². The van der Waals surface area contributed by atoms with E-state index in [1.54, 1.807) is 18.3 Å². The fourth-order valence-corrected chi connectivity index (χ4v) is 2.09. The summed E-state index contributed by atoms with van der Waals surface area (Å²) in [6, 6.07) is 5.41. The van der Waals surface area contributed by atoms with Gasteiger partial charge in [-0.05, 0) is 31.5 Å². The minimum atomic E-state index is -0.229. The number of benzene rings is 1. The summed E-state index contributed by atoms with van der Waals surface area (Å²) in [6.07, 6.45) is 1.58. The Kier molecular flexibility index (Phi) is 4.58. The Hall–Kier alpha value is -1.94. The molecule has 0 radical (unpaired) electrons. The maximum Gasteiger partial charge on any atom is 0.259 e. The van der Waals surface area contributed by atoms with Crippen LogP contribution in [0, 0.1) is 13.8 Å². The lowest BCUT2D eigenvalue weighted by Crippen LogP contribution is -2.16. The van der Waals surface area contributed by atoms with Crippen LogP contribution in [0.5, 0.6) is 0 Å². The number of halogens is 1. The van der Waals surface area contributed by atoms with Crippen molar-refractivity contribution < 1.29 is 4.79 Å². The van der Waals surface area contributed by atoms with Gasteiger partial charge in [0.1, 0.15) is 5.82 Å². The Labute approximate surface area is 129 Å². The average Bonchev–Trinajstić information content (AvgIpc) is 2.43. The van der Waals surface area contributed by atoms with Crippen LogP contribution in [0.1, 0.15) is 47.2 Å². The average molecular weight is 304 g/mol. The summed E-state index contributed by atoms with van der Waals surface area (Å²) >= 11 is 6.05. The normalized spacial score (nSPS) is 10.8. The molecule has 0 aliphatic rings. The molecular formula is C16H18ClN3O. The molecule has 2 rings (SSSR count). The summed E-state index contributed by atoms with van der Waals surface area (Å²) in [6.45, 7) is 7.71. The number of aryl methyl sites for hydroxylation is 1. The number of amides is 1. The van der Waals surface area contributed by atoms with E-state index in [-0.39, 0.29) is 11.8 Å². The van der Waals surface area contributed by atoms with Crippen molar-refractivity contribution in [3.8, 4) is 0 Å². The van der Waals surface area contributed by atoms with Crippen molar-refractivity contribution in [3.63, 3.8) is 0 Å². The minimum Gasteiger partial charge on any atom is -0.322 e. The number of carbonyl (C=O) groups excluding carboxylic acids is 1. The van der Waals surface area contributed by atoms with E-state index in [0.717, 1.165) is 11.4 Å². The van der Waals surface area contributed by atoms with Gasteiger partial charge in [0, 0.05) is 22.8 Å². The molecule has 21 heavy (non-hydrogen) atoms. The smallest absolute Gasteiger partial charge is 0.259 e. The molecule has 5 heteroatoms. The monoisotopic (exact) mass is 303 g/mol. The molecule has 4 nitrogen and oxygen atoms in total. The van der Waals surface area contributed by atoms with Gasteiger partial charge in [0.2, 0.25) is 0 Å². The highest BCUT2D eigenvalue weighted by Crippen LogP contribution is 2.23. The van der Waals surface area contributed by atoms with Crippen molar-refractivity contribution in [3.05, 3.63) is 52.1 Å². The molecule has 110 valence electrons. The van der Waals surface area contributed by atoms with Crippen molar-refractivity contribution in [1.82, 2.24) is 9.97 Å². The highest BCUT2D eigenvalue weighted by molar-refractivity contribution is 6.31. The molecule has 0 spiro atoms. The van der Waals surface area contributed by atoms with Crippen molar-refractivity contribution in [2.75, 3.05) is 5.32 Å². The van der Waals surface area contributed by atoms with Crippen molar-refractivity contribution in [2.45, 2.75) is 33.6 Å². The molecule has 0 saturated carbocycles. The molecule has 1 aromatic carbocycles. The molecule has 1 amide bonds. The van der Waals surface area contributed by atoms with E-state index in [0.29, 0.717) is 22.0 Å². The Balaban J connectivity index is 2.27. The molecule has 0 unspecified atom stereocenters. The van der Waals surface area contributed by atoms with E-state index in [2.05, 4.69) is 15.3 Å². The van der Waals surface area contributed by atoms with Gasteiger partial charge >= 0.3 is 0 Å². The molecule has 0 saturated heterocycles. The highest BCUT2D eigenvalue weighted by atomic mass is 35.5. The van der Waals surface area contributed by atoms with Crippen LogP contribution < -0.4 is 5.32 Å². The lowest BCUT2D eigenvalue weighted by atomic mass is 10.1. The quantitative estimate of drug-likeness (QED) is 0.928. The van der Waals surface area contributed by atoms with Gasteiger partial charge in [-0.2, -0.15) is 0 Å². The first-order valence-corrected chi connectivity index (χ1v) is 7.18. The summed E-state index contributed by atoms with van der Waals surface area (Å²) in [5.74, 6) is 0.743. The summed E-state index contributed by atoms with van der Waals surface area (Å²) in [5.41, 5.74) is 2.68. The lowest BCUT2D eigenvalue weighted by molar-refractivity contribution is 0.102. The van der Waals surface area contributed by atoms with Gasteiger partial charge < -0.3 is 5.32 Å². The second kappa shape index (κ2) is 6.22. The number of anilines is 1. The van der Waals surface area contributed by atoms with E-state index in [4.69, 9.17) is 11.6 Å². The van der Waals surface area contributed by atoms with Crippen LogP contribution in [-0.2, 0) is 0 Å². The van der Waals surface area contributed by atoms with E-state index in [1.807, 2.05) is 33.8 Å². The number of nitrogens with zero attached hydrogens (tertiary/aromatic N) is 2. The van der Waals surface area contributed by atoms with Crippen LogP contribution in [0.2, 0.25) is 5.02 Å². The number of aromatic nitrogens is 2. The number of carbonyl (C=O) groups is 1. The minimum absolute atomic E-state index is 0.229. The zero-order valence-electron chi connectivity index (χ0n) is 12.6. The predicted octanol–water partition coefficient (Wildman–Crippen LogP) is 4.12. The van der Waals surface area contributed by atoms with Gasteiger partial charge in [-0.3, -0.25) is 4.79 Å². The summed E-state index contributed by atoms with van der Waals surface area (Å²) in [5, 5.41) is 3.47. The van der Waals surface area contributed by atoms with Crippen molar-refractivity contribution in [1.29, 1.82) is 0 Å².